The van der Waals surface area contributed by atoms with Crippen LogP contribution in [0, 0.1) is 12.8 Å². The van der Waals surface area contributed by atoms with Crippen LogP contribution in [0.15, 0.2) is 12.3 Å². The Labute approximate surface area is 105 Å². The van der Waals surface area contributed by atoms with Gasteiger partial charge in [-0.25, -0.2) is 0 Å². The van der Waals surface area contributed by atoms with E-state index in [-0.39, 0.29) is 17.9 Å². The molecule has 92 valence electrons. The Morgan fingerprint density at radius 1 is 1.65 bits per heavy atom. The molecule has 2 atom stereocenters. The van der Waals surface area contributed by atoms with Crippen LogP contribution in [0.25, 0.3) is 0 Å². The fourth-order valence-electron chi connectivity index (χ4n) is 1.88. The summed E-state index contributed by atoms with van der Waals surface area (Å²) in [6, 6.07) is 1.69. The van der Waals surface area contributed by atoms with Crippen molar-refractivity contribution in [3.63, 3.8) is 0 Å². The highest BCUT2D eigenvalue weighted by Crippen LogP contribution is 2.26. The highest BCUT2D eigenvalue weighted by atomic mass is 35.5. The van der Waals surface area contributed by atoms with Crippen LogP contribution in [-0.4, -0.2) is 23.6 Å². The number of halogens is 1. The topological polar surface area (TPSA) is 51.2 Å². The second-order valence-corrected chi connectivity index (χ2v) is 4.68. The second kappa shape index (κ2) is 5.02. The van der Waals surface area contributed by atoms with E-state index in [0.717, 1.165) is 6.42 Å². The number of carbonyl (C=O) groups excluding carboxylic acids is 1. The smallest absolute Gasteiger partial charge is 0.253 e. The summed E-state index contributed by atoms with van der Waals surface area (Å²) in [5.41, 5.74) is 1.29. The lowest BCUT2D eigenvalue weighted by molar-refractivity contribution is -0.126. The van der Waals surface area contributed by atoms with Gasteiger partial charge in [0, 0.05) is 12.8 Å². The lowest BCUT2D eigenvalue weighted by Gasteiger charge is -2.15. The molecule has 1 aliphatic rings. The van der Waals surface area contributed by atoms with Crippen LogP contribution in [0.5, 0.6) is 0 Å². The summed E-state index contributed by atoms with van der Waals surface area (Å²) in [5.74, 6) is 0.110. The maximum Gasteiger partial charge on any atom is 0.253 e. The molecular weight excluding hydrogens is 240 g/mol. The van der Waals surface area contributed by atoms with Crippen molar-refractivity contribution in [1.82, 2.24) is 4.98 Å². The molecule has 1 amide bonds. The van der Waals surface area contributed by atoms with Crippen LogP contribution >= 0.6 is 11.6 Å². The van der Waals surface area contributed by atoms with E-state index >= 15 is 0 Å². The lowest BCUT2D eigenvalue weighted by atomic mass is 10.0. The first kappa shape index (κ1) is 12.3. The third-order valence-electron chi connectivity index (χ3n) is 2.97. The van der Waals surface area contributed by atoms with Gasteiger partial charge in [0.1, 0.15) is 6.10 Å². The molecule has 0 unspecified atom stereocenters. The molecule has 1 fully saturated rings. The van der Waals surface area contributed by atoms with Crippen LogP contribution in [0.4, 0.5) is 5.69 Å². The number of aryl methyl sites for hydroxylation is 1. The van der Waals surface area contributed by atoms with Crippen molar-refractivity contribution in [3.8, 4) is 0 Å². The molecule has 2 heterocycles. The average Bonchev–Trinajstić information content (AvgIpc) is 2.71. The summed E-state index contributed by atoms with van der Waals surface area (Å²) in [7, 11) is 0. The van der Waals surface area contributed by atoms with Gasteiger partial charge in [-0.1, -0.05) is 18.5 Å². The van der Waals surface area contributed by atoms with Gasteiger partial charge in [-0.05, 0) is 25.3 Å². The van der Waals surface area contributed by atoms with Gasteiger partial charge in [-0.15, -0.1) is 0 Å². The largest absolute Gasteiger partial charge is 0.368 e. The SMILES string of the molecule is Cc1nccc(NC(=O)[C@H]2OCC[C@H]2C)c1Cl. The molecule has 1 saturated heterocycles. The van der Waals surface area contributed by atoms with E-state index in [2.05, 4.69) is 10.3 Å². The van der Waals surface area contributed by atoms with Crippen LogP contribution in [0.3, 0.4) is 0 Å². The summed E-state index contributed by atoms with van der Waals surface area (Å²) < 4.78 is 5.40. The Morgan fingerprint density at radius 3 is 3.06 bits per heavy atom. The summed E-state index contributed by atoms with van der Waals surface area (Å²) in [6.45, 7) is 4.45. The molecule has 1 aromatic rings. The van der Waals surface area contributed by atoms with Crippen LogP contribution in [0.2, 0.25) is 5.02 Å². The zero-order valence-corrected chi connectivity index (χ0v) is 10.6. The van der Waals surface area contributed by atoms with Gasteiger partial charge in [0.05, 0.1) is 16.4 Å². The number of hydrogen-bond donors (Lipinski definition) is 1. The monoisotopic (exact) mass is 254 g/mol. The van der Waals surface area contributed by atoms with E-state index in [1.807, 2.05) is 6.92 Å². The number of anilines is 1. The van der Waals surface area contributed by atoms with Crippen molar-refractivity contribution in [2.45, 2.75) is 26.4 Å². The molecule has 0 bridgehead atoms. The van der Waals surface area contributed by atoms with Crippen molar-refractivity contribution in [1.29, 1.82) is 0 Å². The molecule has 2 rings (SSSR count). The molecule has 0 spiro atoms. The zero-order valence-electron chi connectivity index (χ0n) is 9.87. The second-order valence-electron chi connectivity index (χ2n) is 4.30. The van der Waals surface area contributed by atoms with Crippen LogP contribution in [0.1, 0.15) is 19.0 Å². The fourth-order valence-corrected chi connectivity index (χ4v) is 2.04. The van der Waals surface area contributed by atoms with Crippen molar-refractivity contribution in [2.24, 2.45) is 5.92 Å². The number of amides is 1. The standard InChI is InChI=1S/C12H15ClN2O2/c1-7-4-6-17-11(7)12(16)15-9-3-5-14-8(2)10(9)13/h3,5,7,11H,4,6H2,1-2H3,(H,14,15,16)/t7-,11+/m1/s1. The normalized spacial score (nSPS) is 23.7. The number of carbonyl (C=O) groups is 1. The van der Waals surface area contributed by atoms with E-state index in [9.17, 15) is 4.79 Å². The Kier molecular flexibility index (Phi) is 3.64. The third-order valence-corrected chi connectivity index (χ3v) is 3.44. The van der Waals surface area contributed by atoms with Gasteiger partial charge in [-0.3, -0.25) is 9.78 Å². The molecule has 4 nitrogen and oxygen atoms in total. The quantitative estimate of drug-likeness (QED) is 0.882. The van der Waals surface area contributed by atoms with E-state index in [4.69, 9.17) is 16.3 Å². The number of pyridine rings is 1. The van der Waals surface area contributed by atoms with E-state index in [1.165, 1.54) is 0 Å². The highest BCUT2D eigenvalue weighted by Gasteiger charge is 2.31. The number of nitrogens with one attached hydrogen (secondary N) is 1. The molecule has 0 aliphatic carbocycles. The molecule has 17 heavy (non-hydrogen) atoms. The van der Waals surface area contributed by atoms with Crippen molar-refractivity contribution >= 4 is 23.2 Å². The molecule has 1 N–H and O–H groups in total. The van der Waals surface area contributed by atoms with Gasteiger partial charge < -0.3 is 10.1 Å². The Morgan fingerprint density at radius 2 is 2.41 bits per heavy atom. The van der Waals surface area contributed by atoms with E-state index in [1.54, 1.807) is 19.2 Å². The first-order chi connectivity index (χ1) is 8.09. The van der Waals surface area contributed by atoms with Crippen molar-refractivity contribution < 1.29 is 9.53 Å². The summed E-state index contributed by atoms with van der Waals surface area (Å²) in [6.07, 6.45) is 2.16. The van der Waals surface area contributed by atoms with Gasteiger partial charge in [0.2, 0.25) is 0 Å². The number of rotatable bonds is 2. The number of nitrogens with zero attached hydrogens (tertiary/aromatic N) is 1. The van der Waals surface area contributed by atoms with Gasteiger partial charge in [0.25, 0.3) is 5.91 Å². The molecule has 1 aromatic heterocycles. The molecule has 0 radical (unpaired) electrons. The minimum Gasteiger partial charge on any atom is -0.368 e. The minimum atomic E-state index is -0.375. The van der Waals surface area contributed by atoms with Crippen molar-refractivity contribution in [3.05, 3.63) is 23.0 Å². The fraction of sp³-hybridized carbons (Fsp3) is 0.500. The highest BCUT2D eigenvalue weighted by molar-refractivity contribution is 6.34. The molecule has 5 heteroatoms. The van der Waals surface area contributed by atoms with Crippen LogP contribution < -0.4 is 5.32 Å². The molecule has 1 aliphatic heterocycles. The zero-order chi connectivity index (χ0) is 12.4. The first-order valence-electron chi connectivity index (χ1n) is 5.63. The maximum atomic E-state index is 12.0. The first-order valence-corrected chi connectivity index (χ1v) is 6.01. The summed E-state index contributed by atoms with van der Waals surface area (Å²) >= 11 is 6.06. The lowest BCUT2D eigenvalue weighted by Crippen LogP contribution is -2.31. The molecule has 0 aromatic carbocycles. The predicted molar refractivity (Wildman–Crippen MR) is 66.1 cm³/mol. The summed E-state index contributed by atoms with van der Waals surface area (Å²) in [5, 5.41) is 3.27. The maximum absolute atomic E-state index is 12.0. The molecular formula is C12H15ClN2O2. The van der Waals surface area contributed by atoms with Gasteiger partial charge >= 0.3 is 0 Å². The summed E-state index contributed by atoms with van der Waals surface area (Å²) in [4.78, 5) is 16.0. The Balaban J connectivity index is 2.10. The Hall–Kier alpha value is -1.13. The third kappa shape index (κ3) is 2.58. The van der Waals surface area contributed by atoms with Gasteiger partial charge in [-0.2, -0.15) is 0 Å². The van der Waals surface area contributed by atoms with E-state index < -0.39 is 0 Å². The van der Waals surface area contributed by atoms with E-state index in [0.29, 0.717) is 23.0 Å². The average molecular weight is 255 g/mol. The van der Waals surface area contributed by atoms with Crippen molar-refractivity contribution in [2.75, 3.05) is 11.9 Å². The number of ether oxygens (including phenoxy) is 1. The number of aromatic nitrogens is 1. The molecule has 0 saturated carbocycles. The number of hydrogen-bond acceptors (Lipinski definition) is 3. The predicted octanol–water partition coefficient (Wildman–Crippen LogP) is 2.41. The minimum absolute atomic E-state index is 0.137. The Bertz CT molecular complexity index is 437. The van der Waals surface area contributed by atoms with Gasteiger partial charge in [0.15, 0.2) is 0 Å². The van der Waals surface area contributed by atoms with Crippen LogP contribution in [-0.2, 0) is 9.53 Å².